The van der Waals surface area contributed by atoms with E-state index in [0.717, 1.165) is 51.4 Å². The summed E-state index contributed by atoms with van der Waals surface area (Å²) in [6.45, 7) is 3.56. The number of carbonyl (C=O) groups is 2. The normalized spacial score (nSPS) is 13.3. The molecule has 0 radical (unpaired) electrons. The van der Waals surface area contributed by atoms with E-state index in [1.54, 1.807) is 0 Å². The minimum Gasteiger partial charge on any atom is -0.463 e. The Morgan fingerprint density at radius 2 is 0.944 bits per heavy atom. The molecule has 0 rings (SSSR count). The summed E-state index contributed by atoms with van der Waals surface area (Å²) in [5, 5.41) is 12.7. The van der Waals surface area contributed by atoms with E-state index in [9.17, 15) is 24.2 Å². The van der Waals surface area contributed by atoms with E-state index in [2.05, 4.69) is 31.3 Å². The van der Waals surface area contributed by atoms with Gasteiger partial charge in [-0.05, 0) is 38.5 Å². The zero-order chi connectivity index (χ0) is 39.6. The molecule has 320 valence electrons. The molecule has 0 aliphatic carbocycles. The number of ether oxygens (including phenoxy) is 1. The molecule has 0 aromatic carbocycles. The number of unbranched alkanes of at least 4 members (excludes halogenated alkanes) is 28. The fourth-order valence-electron chi connectivity index (χ4n) is 6.49. The summed E-state index contributed by atoms with van der Waals surface area (Å²) in [5.74, 6) is -0.516. The van der Waals surface area contributed by atoms with Gasteiger partial charge in [0.15, 0.2) is 0 Å². The van der Waals surface area contributed by atoms with Crippen molar-refractivity contribution in [2.45, 2.75) is 232 Å². The number of aliphatic hydroxyl groups is 1. The maximum Gasteiger partial charge on any atom is 0.472 e. The largest absolute Gasteiger partial charge is 0.472 e. The van der Waals surface area contributed by atoms with E-state index in [-0.39, 0.29) is 32.1 Å². The summed E-state index contributed by atoms with van der Waals surface area (Å²) in [4.78, 5) is 33.9. The van der Waals surface area contributed by atoms with Crippen molar-refractivity contribution in [2.75, 3.05) is 26.4 Å². The number of allylic oxidation sites excluding steroid dienone is 2. The van der Waals surface area contributed by atoms with Crippen LogP contribution in [-0.4, -0.2) is 54.3 Å². The van der Waals surface area contributed by atoms with Crippen LogP contribution in [0.25, 0.3) is 0 Å². The second-order valence-electron chi connectivity index (χ2n) is 15.4. The lowest BCUT2D eigenvalue weighted by Crippen LogP contribution is -2.27. The smallest absolute Gasteiger partial charge is 0.463 e. The van der Waals surface area contributed by atoms with Crippen LogP contribution < -0.4 is 5.32 Å². The Morgan fingerprint density at radius 3 is 1.41 bits per heavy atom. The molecule has 3 N–H and O–H groups in total. The van der Waals surface area contributed by atoms with E-state index in [1.165, 1.54) is 148 Å². The summed E-state index contributed by atoms with van der Waals surface area (Å²) >= 11 is 0. The highest BCUT2D eigenvalue weighted by Gasteiger charge is 2.23. The minimum atomic E-state index is -4.41. The summed E-state index contributed by atoms with van der Waals surface area (Å²) in [6, 6.07) is 0. The third-order valence-electron chi connectivity index (χ3n) is 9.95. The monoisotopic (exact) mass is 788 g/mol. The SMILES string of the molecule is CCCCCC/C=C\CCCCCCCC(=O)NCCOP(=O)(O)OCC(O)COC(=O)CCCCCCCCCCCCCCCCCCCCCC. The van der Waals surface area contributed by atoms with Crippen LogP contribution >= 0.6 is 7.82 Å². The Kier molecular flexibility index (Phi) is 40.4. The summed E-state index contributed by atoms with van der Waals surface area (Å²) in [6.07, 6.45) is 42.9. The summed E-state index contributed by atoms with van der Waals surface area (Å²) in [7, 11) is -4.41. The molecule has 54 heavy (non-hydrogen) atoms. The molecule has 9 nitrogen and oxygen atoms in total. The number of amides is 1. The maximum absolute atomic E-state index is 12.1. The lowest BCUT2D eigenvalue weighted by molar-refractivity contribution is -0.147. The molecular weight excluding hydrogens is 701 g/mol. The van der Waals surface area contributed by atoms with E-state index >= 15 is 0 Å². The fraction of sp³-hybridized carbons (Fsp3) is 0.909. The van der Waals surface area contributed by atoms with Crippen LogP contribution in [0.1, 0.15) is 226 Å². The first kappa shape index (κ1) is 52.8. The molecule has 2 atom stereocenters. The lowest BCUT2D eigenvalue weighted by Gasteiger charge is -2.15. The third-order valence-corrected chi connectivity index (χ3v) is 10.9. The van der Waals surface area contributed by atoms with Crippen LogP contribution in [0.5, 0.6) is 0 Å². The van der Waals surface area contributed by atoms with E-state index < -0.39 is 26.5 Å². The molecule has 2 unspecified atom stereocenters. The third kappa shape index (κ3) is 41.9. The van der Waals surface area contributed by atoms with Gasteiger partial charge in [0.1, 0.15) is 12.7 Å². The molecule has 0 fully saturated rings. The second-order valence-corrected chi connectivity index (χ2v) is 16.8. The van der Waals surface area contributed by atoms with Gasteiger partial charge in [0.2, 0.25) is 5.91 Å². The second kappa shape index (κ2) is 41.4. The molecule has 1 amide bonds. The highest BCUT2D eigenvalue weighted by atomic mass is 31.2. The highest BCUT2D eigenvalue weighted by molar-refractivity contribution is 7.47. The van der Waals surface area contributed by atoms with Gasteiger partial charge < -0.3 is 20.1 Å². The molecule has 0 aliphatic heterocycles. The number of aliphatic hydroxyl groups excluding tert-OH is 1. The van der Waals surface area contributed by atoms with Gasteiger partial charge >= 0.3 is 13.8 Å². The van der Waals surface area contributed by atoms with Gasteiger partial charge in [-0.2, -0.15) is 0 Å². The number of phosphoric acid groups is 1. The lowest BCUT2D eigenvalue weighted by atomic mass is 10.0. The van der Waals surface area contributed by atoms with Crippen molar-refractivity contribution in [3.63, 3.8) is 0 Å². The molecular formula is C44H86NO8P. The van der Waals surface area contributed by atoms with Gasteiger partial charge in [-0.25, -0.2) is 4.57 Å². The molecule has 0 bridgehead atoms. The molecule has 10 heteroatoms. The van der Waals surface area contributed by atoms with Crippen LogP contribution in [0.15, 0.2) is 12.2 Å². The highest BCUT2D eigenvalue weighted by Crippen LogP contribution is 2.42. The minimum absolute atomic E-state index is 0.0806. The average molecular weight is 788 g/mol. The molecule has 0 spiro atoms. The number of rotatable bonds is 43. The summed E-state index contributed by atoms with van der Waals surface area (Å²) < 4.78 is 26.9. The standard InChI is InChI=1S/C44H86NO8P/c1-3-5-7-9-11-13-15-17-18-19-20-21-22-23-25-27-29-31-33-35-37-44(48)51-40-42(46)41-53-54(49,50)52-39-38-45-43(47)36-34-32-30-28-26-24-16-14-12-10-8-6-4-2/h14,16,42,46H,3-13,15,17-41H2,1-2H3,(H,45,47)(H,49,50)/b16-14-. The predicted molar refractivity (Wildman–Crippen MR) is 225 cm³/mol. The molecule has 0 saturated heterocycles. The molecule has 0 aliphatic rings. The van der Waals surface area contributed by atoms with Gasteiger partial charge in [0.05, 0.1) is 13.2 Å². The fourth-order valence-corrected chi connectivity index (χ4v) is 7.25. The van der Waals surface area contributed by atoms with Crippen molar-refractivity contribution >= 4 is 19.7 Å². The molecule has 0 aromatic heterocycles. The van der Waals surface area contributed by atoms with Gasteiger partial charge in [-0.1, -0.05) is 187 Å². The van der Waals surface area contributed by atoms with Crippen molar-refractivity contribution in [3.8, 4) is 0 Å². The van der Waals surface area contributed by atoms with Crippen LogP contribution in [-0.2, 0) is 27.9 Å². The quantitative estimate of drug-likeness (QED) is 0.0241. The number of hydrogen-bond donors (Lipinski definition) is 3. The van der Waals surface area contributed by atoms with Crippen LogP contribution in [0.3, 0.4) is 0 Å². The van der Waals surface area contributed by atoms with Crippen LogP contribution in [0.2, 0.25) is 0 Å². The van der Waals surface area contributed by atoms with Gasteiger partial charge in [0.25, 0.3) is 0 Å². The summed E-state index contributed by atoms with van der Waals surface area (Å²) in [5.41, 5.74) is 0. The number of hydrogen-bond acceptors (Lipinski definition) is 7. The molecule has 0 saturated carbocycles. The predicted octanol–water partition coefficient (Wildman–Crippen LogP) is 12.6. The van der Waals surface area contributed by atoms with Crippen molar-refractivity contribution in [1.29, 1.82) is 0 Å². The van der Waals surface area contributed by atoms with Crippen molar-refractivity contribution < 1.29 is 37.9 Å². The van der Waals surface area contributed by atoms with Crippen molar-refractivity contribution in [3.05, 3.63) is 12.2 Å². The first-order valence-corrected chi connectivity index (χ1v) is 24.2. The maximum atomic E-state index is 12.1. The van der Waals surface area contributed by atoms with Crippen LogP contribution in [0.4, 0.5) is 0 Å². The Morgan fingerprint density at radius 1 is 0.556 bits per heavy atom. The Balaban J connectivity index is 3.55. The first-order chi connectivity index (χ1) is 26.3. The molecule has 0 heterocycles. The number of nitrogens with one attached hydrogen (secondary N) is 1. The van der Waals surface area contributed by atoms with Gasteiger partial charge in [0, 0.05) is 19.4 Å². The average Bonchev–Trinajstić information content (AvgIpc) is 3.16. The van der Waals surface area contributed by atoms with E-state index in [0.29, 0.717) is 6.42 Å². The van der Waals surface area contributed by atoms with Crippen LogP contribution in [0, 0.1) is 0 Å². The van der Waals surface area contributed by atoms with E-state index in [4.69, 9.17) is 13.8 Å². The first-order valence-electron chi connectivity index (χ1n) is 22.7. The van der Waals surface area contributed by atoms with Gasteiger partial charge in [-0.3, -0.25) is 18.6 Å². The Labute approximate surface area is 332 Å². The van der Waals surface area contributed by atoms with E-state index in [1.807, 2.05) is 0 Å². The number of carbonyl (C=O) groups excluding carboxylic acids is 2. The Bertz CT molecular complexity index is 902. The van der Waals surface area contributed by atoms with Crippen molar-refractivity contribution in [2.24, 2.45) is 0 Å². The zero-order valence-electron chi connectivity index (χ0n) is 35.2. The number of phosphoric ester groups is 1. The van der Waals surface area contributed by atoms with Crippen molar-refractivity contribution in [1.82, 2.24) is 5.32 Å². The number of esters is 1. The zero-order valence-corrected chi connectivity index (χ0v) is 36.1. The Hall–Kier alpha value is -1.25. The topological polar surface area (TPSA) is 131 Å². The van der Waals surface area contributed by atoms with Gasteiger partial charge in [-0.15, -0.1) is 0 Å². The molecule has 0 aromatic rings.